The number of nitrogens with one attached hydrogen (secondary N) is 1. The fourth-order valence-corrected chi connectivity index (χ4v) is 4.89. The Hall–Kier alpha value is -3.50. The Kier molecular flexibility index (Phi) is 7.12. The fourth-order valence-electron chi connectivity index (χ4n) is 4.89. The minimum Gasteiger partial charge on any atom is -0.497 e. The molecular weight excluding hydrogens is 472 g/mol. The van der Waals surface area contributed by atoms with E-state index in [1.807, 2.05) is 41.1 Å². The van der Waals surface area contributed by atoms with Gasteiger partial charge < -0.3 is 18.9 Å². The van der Waals surface area contributed by atoms with Crippen LogP contribution in [0.3, 0.4) is 0 Å². The maximum atomic E-state index is 13.7. The van der Waals surface area contributed by atoms with Gasteiger partial charge in [0.15, 0.2) is 5.82 Å². The van der Waals surface area contributed by atoms with Crippen LogP contribution in [-0.2, 0) is 16.8 Å². The largest absolute Gasteiger partial charge is 0.497 e. The highest BCUT2D eigenvalue weighted by molar-refractivity contribution is 5.80. The van der Waals surface area contributed by atoms with Crippen molar-refractivity contribution in [2.24, 2.45) is 0 Å². The summed E-state index contributed by atoms with van der Waals surface area (Å²) in [6.45, 7) is 8.09. The summed E-state index contributed by atoms with van der Waals surface area (Å²) in [6, 6.07) is 10.8. The first-order valence-electron chi connectivity index (χ1n) is 12.8. The number of aromatic nitrogens is 5. The van der Waals surface area contributed by atoms with Crippen molar-refractivity contribution in [1.29, 1.82) is 0 Å². The number of tetrazole rings is 1. The number of hydrogen-bond acceptors (Lipinski definition) is 8. The molecule has 1 saturated heterocycles. The van der Waals surface area contributed by atoms with Gasteiger partial charge in [-0.05, 0) is 79.9 Å². The van der Waals surface area contributed by atoms with E-state index < -0.39 is 6.04 Å². The maximum Gasteiger partial charge on any atom is 0.253 e. The number of pyridine rings is 1. The maximum absolute atomic E-state index is 13.7. The SMILES string of the molecule is CCC(C)(C)n1nnnc1[C@@H](c1cc2cc(OC)ccc2[nH]c1=O)N(Cc1ccco1)C[C@@H]1CCCO1. The Balaban J connectivity index is 1.70. The predicted octanol–water partition coefficient (Wildman–Crippen LogP) is 4.03. The van der Waals surface area contributed by atoms with E-state index in [1.165, 1.54) is 0 Å². The minimum absolute atomic E-state index is 0.0422. The molecule has 0 spiro atoms. The van der Waals surface area contributed by atoms with Gasteiger partial charge in [-0.2, -0.15) is 0 Å². The number of ether oxygens (including phenoxy) is 2. The molecule has 3 aromatic heterocycles. The number of rotatable bonds is 10. The van der Waals surface area contributed by atoms with Crippen LogP contribution in [0.2, 0.25) is 0 Å². The first kappa shape index (κ1) is 25.2. The van der Waals surface area contributed by atoms with Crippen molar-refractivity contribution in [2.45, 2.75) is 64.3 Å². The van der Waals surface area contributed by atoms with E-state index in [1.54, 1.807) is 13.4 Å². The van der Waals surface area contributed by atoms with Crippen LogP contribution in [0.1, 0.15) is 63.2 Å². The van der Waals surface area contributed by atoms with Gasteiger partial charge in [-0.3, -0.25) is 9.69 Å². The summed E-state index contributed by atoms with van der Waals surface area (Å²) in [4.78, 5) is 18.9. The van der Waals surface area contributed by atoms with Crippen molar-refractivity contribution >= 4 is 10.9 Å². The Morgan fingerprint density at radius 3 is 2.86 bits per heavy atom. The average molecular weight is 507 g/mol. The van der Waals surface area contributed by atoms with Gasteiger partial charge in [0, 0.05) is 29.6 Å². The number of aromatic amines is 1. The summed E-state index contributed by atoms with van der Waals surface area (Å²) in [5, 5.41) is 13.8. The molecule has 4 heterocycles. The smallest absolute Gasteiger partial charge is 0.253 e. The lowest BCUT2D eigenvalue weighted by Gasteiger charge is -2.34. The van der Waals surface area contributed by atoms with E-state index in [4.69, 9.17) is 13.9 Å². The molecule has 2 atom stereocenters. The Bertz CT molecular complexity index is 1390. The van der Waals surface area contributed by atoms with Gasteiger partial charge in [0.05, 0.1) is 31.6 Å². The molecule has 0 amide bonds. The normalized spacial score (nSPS) is 17.1. The molecule has 1 aliphatic heterocycles. The van der Waals surface area contributed by atoms with Crippen molar-refractivity contribution in [3.8, 4) is 5.75 Å². The number of furan rings is 1. The molecule has 37 heavy (non-hydrogen) atoms. The fraction of sp³-hybridized carbons (Fsp3) is 0.481. The van der Waals surface area contributed by atoms with Crippen molar-refractivity contribution in [3.05, 3.63) is 70.2 Å². The van der Waals surface area contributed by atoms with E-state index >= 15 is 0 Å². The molecule has 0 bridgehead atoms. The highest BCUT2D eigenvalue weighted by atomic mass is 16.5. The second-order valence-corrected chi connectivity index (χ2v) is 10.2. The summed E-state index contributed by atoms with van der Waals surface area (Å²) in [5.41, 5.74) is 0.736. The quantitative estimate of drug-likeness (QED) is 0.343. The minimum atomic E-state index is -0.547. The summed E-state index contributed by atoms with van der Waals surface area (Å²) >= 11 is 0. The zero-order chi connectivity index (χ0) is 26.0. The van der Waals surface area contributed by atoms with Gasteiger partial charge in [0.2, 0.25) is 0 Å². The molecule has 0 unspecified atom stereocenters. The van der Waals surface area contributed by atoms with Gasteiger partial charge in [-0.25, -0.2) is 4.68 Å². The van der Waals surface area contributed by atoms with Crippen LogP contribution in [0.4, 0.5) is 0 Å². The molecule has 4 aromatic rings. The topological polar surface area (TPSA) is 111 Å². The number of H-pyrrole nitrogens is 1. The second-order valence-electron chi connectivity index (χ2n) is 10.2. The molecule has 196 valence electrons. The molecule has 0 saturated carbocycles. The van der Waals surface area contributed by atoms with Crippen molar-refractivity contribution in [2.75, 3.05) is 20.3 Å². The van der Waals surface area contributed by atoms with Gasteiger partial charge in [0.25, 0.3) is 5.56 Å². The van der Waals surface area contributed by atoms with Crippen LogP contribution in [0, 0.1) is 0 Å². The predicted molar refractivity (Wildman–Crippen MR) is 138 cm³/mol. The van der Waals surface area contributed by atoms with E-state index in [-0.39, 0.29) is 17.2 Å². The molecule has 0 radical (unpaired) electrons. The summed E-state index contributed by atoms with van der Waals surface area (Å²) in [5.74, 6) is 2.10. The van der Waals surface area contributed by atoms with Crippen LogP contribution >= 0.6 is 0 Å². The number of nitrogens with zero attached hydrogens (tertiary/aromatic N) is 5. The highest BCUT2D eigenvalue weighted by Crippen LogP contribution is 2.33. The second kappa shape index (κ2) is 10.5. The molecular formula is C27H34N6O4. The number of hydrogen-bond donors (Lipinski definition) is 1. The van der Waals surface area contributed by atoms with E-state index in [0.717, 1.165) is 42.5 Å². The zero-order valence-electron chi connectivity index (χ0n) is 21.8. The summed E-state index contributed by atoms with van der Waals surface area (Å²) < 4.78 is 19.0. The van der Waals surface area contributed by atoms with Crippen LogP contribution in [0.25, 0.3) is 10.9 Å². The first-order valence-corrected chi connectivity index (χ1v) is 12.8. The zero-order valence-corrected chi connectivity index (χ0v) is 21.8. The molecule has 10 heteroatoms. The molecule has 1 aliphatic rings. The third kappa shape index (κ3) is 5.17. The lowest BCUT2D eigenvalue weighted by Crippen LogP contribution is -2.41. The van der Waals surface area contributed by atoms with Crippen molar-refractivity contribution < 1.29 is 13.9 Å². The summed E-state index contributed by atoms with van der Waals surface area (Å²) in [6.07, 6.45) is 4.49. The lowest BCUT2D eigenvalue weighted by atomic mass is 9.98. The molecule has 1 fully saturated rings. The van der Waals surface area contributed by atoms with Crippen molar-refractivity contribution in [3.63, 3.8) is 0 Å². The lowest BCUT2D eigenvalue weighted by molar-refractivity contribution is 0.0534. The monoisotopic (exact) mass is 506 g/mol. The van der Waals surface area contributed by atoms with E-state index in [9.17, 15) is 4.79 Å². The highest BCUT2D eigenvalue weighted by Gasteiger charge is 2.36. The van der Waals surface area contributed by atoms with Gasteiger partial charge in [-0.15, -0.1) is 5.10 Å². The molecule has 1 aromatic carbocycles. The van der Waals surface area contributed by atoms with Gasteiger partial charge in [-0.1, -0.05) is 6.92 Å². The molecule has 0 aliphatic carbocycles. The van der Waals surface area contributed by atoms with E-state index in [2.05, 4.69) is 46.2 Å². The molecule has 1 N–H and O–H groups in total. The van der Waals surface area contributed by atoms with Gasteiger partial charge >= 0.3 is 0 Å². The molecule has 5 rings (SSSR count). The van der Waals surface area contributed by atoms with Crippen LogP contribution in [-0.4, -0.2) is 56.5 Å². The Morgan fingerprint density at radius 1 is 1.30 bits per heavy atom. The van der Waals surface area contributed by atoms with Crippen LogP contribution in [0.5, 0.6) is 5.75 Å². The van der Waals surface area contributed by atoms with Gasteiger partial charge in [0.1, 0.15) is 17.6 Å². The van der Waals surface area contributed by atoms with E-state index in [0.29, 0.717) is 30.2 Å². The third-order valence-corrected chi connectivity index (χ3v) is 7.32. The Labute approximate surface area is 215 Å². The third-order valence-electron chi connectivity index (χ3n) is 7.32. The molecule has 10 nitrogen and oxygen atoms in total. The average Bonchev–Trinajstić information content (AvgIpc) is 3.68. The standard InChI is InChI=1S/C27H34N6O4/c1-5-27(2,3)33-25(29-30-31-33)24(22-15-18-14-19(35-4)10-11-23(18)28-26(22)34)32(16-20-8-6-12-36-20)17-21-9-7-13-37-21/h6,8,10-12,14-15,21,24H,5,7,9,13,16-17H2,1-4H3,(H,28,34)/t21-,24+/m0/s1. The number of fused-ring (bicyclic) bond motifs is 1. The summed E-state index contributed by atoms with van der Waals surface area (Å²) in [7, 11) is 1.63. The number of methoxy groups -OCH3 is 1. The van der Waals surface area contributed by atoms with Crippen LogP contribution < -0.4 is 10.3 Å². The van der Waals surface area contributed by atoms with Crippen LogP contribution in [0.15, 0.2) is 51.9 Å². The van der Waals surface area contributed by atoms with Crippen molar-refractivity contribution in [1.82, 2.24) is 30.1 Å². The Morgan fingerprint density at radius 2 is 2.16 bits per heavy atom. The first-order chi connectivity index (χ1) is 17.9. The number of benzene rings is 1.